The molecule has 1 N–H and O–H groups in total. The van der Waals surface area contributed by atoms with Gasteiger partial charge in [0.05, 0.1) is 19.6 Å². The average molecular weight is 342 g/mol. The Hall–Kier alpha value is -2.21. The van der Waals surface area contributed by atoms with E-state index in [-0.39, 0.29) is 11.9 Å². The van der Waals surface area contributed by atoms with Crippen LogP contribution in [0.25, 0.3) is 0 Å². The van der Waals surface area contributed by atoms with Crippen molar-refractivity contribution in [2.75, 3.05) is 7.11 Å². The van der Waals surface area contributed by atoms with Crippen LogP contribution in [0.15, 0.2) is 24.3 Å². The zero-order valence-corrected chi connectivity index (χ0v) is 15.2. The van der Waals surface area contributed by atoms with Crippen LogP contribution in [0.1, 0.15) is 49.0 Å². The first-order valence-electron chi connectivity index (χ1n) is 8.85. The Morgan fingerprint density at radius 2 is 2.20 bits per heavy atom. The van der Waals surface area contributed by atoms with Crippen molar-refractivity contribution >= 4 is 5.91 Å². The smallest absolute Gasteiger partial charge is 0.224 e. The molecule has 1 aromatic heterocycles. The number of amides is 1. The van der Waals surface area contributed by atoms with E-state index in [9.17, 15) is 4.79 Å². The first kappa shape index (κ1) is 17.6. The van der Waals surface area contributed by atoms with Crippen molar-refractivity contribution in [2.45, 2.75) is 58.2 Å². The number of rotatable bonds is 6. The van der Waals surface area contributed by atoms with Crippen LogP contribution in [0.4, 0.5) is 0 Å². The molecule has 2 aromatic rings. The fourth-order valence-electron chi connectivity index (χ4n) is 3.15. The first-order valence-corrected chi connectivity index (χ1v) is 8.85. The standard InChI is InChI=1S/C19H26N4O2/c1-13(2)19-21-17-8-7-16(11-23(17)22-19)20-18(24)10-14-5-4-6-15(9-14)12-25-3/h4-6,9,13,16H,7-8,10-12H2,1-3H3,(H,20,24). The number of aromatic nitrogens is 3. The number of carbonyl (C=O) groups excluding carboxylic acids is 1. The number of benzene rings is 1. The summed E-state index contributed by atoms with van der Waals surface area (Å²) in [5.74, 6) is 2.29. The van der Waals surface area contributed by atoms with Gasteiger partial charge in [0.15, 0.2) is 5.82 Å². The fraction of sp³-hybridized carbons (Fsp3) is 0.526. The molecule has 1 aliphatic rings. The molecule has 0 bridgehead atoms. The molecular formula is C19H26N4O2. The molecule has 0 saturated heterocycles. The summed E-state index contributed by atoms with van der Waals surface area (Å²) in [5, 5.41) is 7.70. The van der Waals surface area contributed by atoms with E-state index in [4.69, 9.17) is 4.74 Å². The summed E-state index contributed by atoms with van der Waals surface area (Å²) >= 11 is 0. The van der Waals surface area contributed by atoms with E-state index in [1.54, 1.807) is 7.11 Å². The second kappa shape index (κ2) is 7.78. The van der Waals surface area contributed by atoms with Crippen molar-refractivity contribution in [3.63, 3.8) is 0 Å². The monoisotopic (exact) mass is 342 g/mol. The highest BCUT2D eigenvalue weighted by atomic mass is 16.5. The van der Waals surface area contributed by atoms with Crippen molar-refractivity contribution < 1.29 is 9.53 Å². The molecule has 1 unspecified atom stereocenters. The molecule has 1 aromatic carbocycles. The second-order valence-corrected chi connectivity index (χ2v) is 6.96. The van der Waals surface area contributed by atoms with E-state index in [0.29, 0.717) is 25.5 Å². The summed E-state index contributed by atoms with van der Waals surface area (Å²) in [6.45, 7) is 5.45. The predicted molar refractivity (Wildman–Crippen MR) is 95.2 cm³/mol. The number of hydrogen-bond acceptors (Lipinski definition) is 4. The third kappa shape index (κ3) is 4.45. The van der Waals surface area contributed by atoms with Gasteiger partial charge in [0, 0.05) is 25.5 Å². The summed E-state index contributed by atoms with van der Waals surface area (Å²) in [6.07, 6.45) is 2.15. The minimum atomic E-state index is 0.0483. The van der Waals surface area contributed by atoms with E-state index < -0.39 is 0 Å². The summed E-state index contributed by atoms with van der Waals surface area (Å²) in [5.41, 5.74) is 2.09. The van der Waals surface area contributed by atoms with Gasteiger partial charge in [0.2, 0.25) is 5.91 Å². The molecule has 0 spiro atoms. The molecule has 2 heterocycles. The lowest BCUT2D eigenvalue weighted by molar-refractivity contribution is -0.121. The van der Waals surface area contributed by atoms with Crippen LogP contribution < -0.4 is 5.32 Å². The number of fused-ring (bicyclic) bond motifs is 1. The van der Waals surface area contributed by atoms with Gasteiger partial charge < -0.3 is 10.1 Å². The second-order valence-electron chi connectivity index (χ2n) is 6.96. The molecular weight excluding hydrogens is 316 g/mol. The number of nitrogens with zero attached hydrogens (tertiary/aromatic N) is 3. The fourth-order valence-corrected chi connectivity index (χ4v) is 3.15. The van der Waals surface area contributed by atoms with Gasteiger partial charge in [-0.2, -0.15) is 5.10 Å². The SMILES string of the molecule is COCc1cccc(CC(=O)NC2CCc3nc(C(C)C)nn3C2)c1. The van der Waals surface area contributed by atoms with E-state index in [1.807, 2.05) is 28.9 Å². The Morgan fingerprint density at radius 3 is 2.96 bits per heavy atom. The summed E-state index contributed by atoms with van der Waals surface area (Å²) in [6, 6.07) is 8.08. The van der Waals surface area contributed by atoms with E-state index >= 15 is 0 Å². The highest BCUT2D eigenvalue weighted by Crippen LogP contribution is 2.17. The number of hydrogen-bond donors (Lipinski definition) is 1. The zero-order chi connectivity index (χ0) is 17.8. The highest BCUT2D eigenvalue weighted by Gasteiger charge is 2.23. The Morgan fingerprint density at radius 1 is 1.40 bits per heavy atom. The number of ether oxygens (including phenoxy) is 1. The minimum Gasteiger partial charge on any atom is -0.380 e. The Bertz CT molecular complexity index is 739. The van der Waals surface area contributed by atoms with Crippen LogP contribution in [0.3, 0.4) is 0 Å². The molecule has 0 radical (unpaired) electrons. The minimum absolute atomic E-state index is 0.0483. The van der Waals surface area contributed by atoms with E-state index in [1.165, 1.54) is 0 Å². The van der Waals surface area contributed by atoms with Crippen LogP contribution in [0, 0.1) is 0 Å². The largest absolute Gasteiger partial charge is 0.380 e. The molecule has 25 heavy (non-hydrogen) atoms. The Kier molecular flexibility index (Phi) is 5.48. The number of aryl methyl sites for hydroxylation is 1. The lowest BCUT2D eigenvalue weighted by atomic mass is 10.1. The Balaban J connectivity index is 1.57. The molecule has 1 aliphatic heterocycles. The first-order chi connectivity index (χ1) is 12.0. The molecule has 6 heteroatoms. The highest BCUT2D eigenvalue weighted by molar-refractivity contribution is 5.78. The normalized spacial score (nSPS) is 16.7. The van der Waals surface area contributed by atoms with Crippen molar-refractivity contribution in [3.05, 3.63) is 47.0 Å². The molecule has 0 fully saturated rings. The van der Waals surface area contributed by atoms with Gasteiger partial charge >= 0.3 is 0 Å². The quantitative estimate of drug-likeness (QED) is 0.874. The number of carbonyl (C=O) groups is 1. The van der Waals surface area contributed by atoms with Crippen molar-refractivity contribution in [3.8, 4) is 0 Å². The van der Waals surface area contributed by atoms with Gasteiger partial charge in [-0.3, -0.25) is 4.79 Å². The molecule has 134 valence electrons. The van der Waals surface area contributed by atoms with Crippen molar-refractivity contribution in [1.82, 2.24) is 20.1 Å². The van der Waals surface area contributed by atoms with Gasteiger partial charge in [-0.05, 0) is 17.5 Å². The summed E-state index contributed by atoms with van der Waals surface area (Å²) in [4.78, 5) is 17.0. The van der Waals surface area contributed by atoms with Gasteiger partial charge in [-0.25, -0.2) is 9.67 Å². The lowest BCUT2D eigenvalue weighted by Crippen LogP contribution is -2.42. The molecule has 0 saturated carbocycles. The predicted octanol–water partition coefficient (Wildman–Crippen LogP) is 2.22. The van der Waals surface area contributed by atoms with Crippen molar-refractivity contribution in [2.24, 2.45) is 0 Å². The molecule has 0 aliphatic carbocycles. The zero-order valence-electron chi connectivity index (χ0n) is 15.2. The molecule has 1 amide bonds. The van der Waals surface area contributed by atoms with Crippen LogP contribution >= 0.6 is 0 Å². The molecule has 1 atom stereocenters. The maximum Gasteiger partial charge on any atom is 0.224 e. The summed E-state index contributed by atoms with van der Waals surface area (Å²) in [7, 11) is 1.67. The third-order valence-corrected chi connectivity index (χ3v) is 4.42. The van der Waals surface area contributed by atoms with Crippen LogP contribution in [-0.2, 0) is 35.5 Å². The maximum atomic E-state index is 12.4. The van der Waals surface area contributed by atoms with E-state index in [0.717, 1.165) is 35.6 Å². The van der Waals surface area contributed by atoms with Crippen LogP contribution in [0.2, 0.25) is 0 Å². The summed E-state index contributed by atoms with van der Waals surface area (Å²) < 4.78 is 7.09. The number of nitrogens with one attached hydrogen (secondary N) is 1. The van der Waals surface area contributed by atoms with Gasteiger partial charge in [-0.15, -0.1) is 0 Å². The van der Waals surface area contributed by atoms with Gasteiger partial charge in [-0.1, -0.05) is 38.1 Å². The van der Waals surface area contributed by atoms with Crippen LogP contribution in [0.5, 0.6) is 0 Å². The lowest BCUT2D eigenvalue weighted by Gasteiger charge is -2.23. The van der Waals surface area contributed by atoms with Crippen LogP contribution in [-0.4, -0.2) is 33.8 Å². The van der Waals surface area contributed by atoms with Gasteiger partial charge in [0.25, 0.3) is 0 Å². The topological polar surface area (TPSA) is 69.0 Å². The number of methoxy groups -OCH3 is 1. The molecule has 3 rings (SSSR count). The Labute approximate surface area is 148 Å². The van der Waals surface area contributed by atoms with Gasteiger partial charge in [0.1, 0.15) is 5.82 Å². The maximum absolute atomic E-state index is 12.4. The third-order valence-electron chi connectivity index (χ3n) is 4.42. The molecule has 6 nitrogen and oxygen atoms in total. The average Bonchev–Trinajstić information content (AvgIpc) is 2.99. The van der Waals surface area contributed by atoms with Crippen molar-refractivity contribution in [1.29, 1.82) is 0 Å². The van der Waals surface area contributed by atoms with E-state index in [2.05, 4.69) is 29.2 Å².